The van der Waals surface area contributed by atoms with Gasteiger partial charge in [0.1, 0.15) is 5.84 Å². The van der Waals surface area contributed by atoms with Crippen LogP contribution in [0.1, 0.15) is 17.3 Å². The fourth-order valence-electron chi connectivity index (χ4n) is 1.72. The van der Waals surface area contributed by atoms with Gasteiger partial charge in [-0.3, -0.25) is 10.2 Å². The second-order valence-electron chi connectivity index (χ2n) is 4.91. The highest BCUT2D eigenvalue weighted by molar-refractivity contribution is 6.42. The number of amidine groups is 1. The molecular weight excluding hydrogens is 337 g/mol. The maximum absolute atomic E-state index is 11.9. The van der Waals surface area contributed by atoms with Crippen LogP contribution in [-0.2, 0) is 0 Å². The van der Waals surface area contributed by atoms with E-state index in [1.54, 1.807) is 18.2 Å². The number of carbonyl (C=O) groups excluding carboxylic acids is 1. The molecule has 1 heterocycles. The lowest BCUT2D eigenvalue weighted by Crippen LogP contribution is -2.36. The zero-order valence-corrected chi connectivity index (χ0v) is 13.8. The minimum absolute atomic E-state index is 0.111. The Kier molecular flexibility index (Phi) is 5.90. The smallest absolute Gasteiger partial charge is 0.258 e. The fourth-order valence-corrected chi connectivity index (χ4v) is 2.02. The van der Waals surface area contributed by atoms with Gasteiger partial charge in [-0.1, -0.05) is 30.1 Å². The van der Waals surface area contributed by atoms with E-state index >= 15 is 0 Å². The molecule has 3 N–H and O–H groups in total. The SMILES string of the molecule is C[C@@H](CNc1ccc(Cl)c(Cl)c1)C(=N)NC(=O)c1ccnnc1. The van der Waals surface area contributed by atoms with Gasteiger partial charge in [0.05, 0.1) is 28.0 Å². The standard InChI is InChI=1S/C15H15Cl2N5O/c1-9(7-19-11-2-3-12(16)13(17)6-11)14(18)22-15(23)10-4-5-20-21-8-10/h2-6,8-9,19H,7H2,1H3,(H2,18,22,23)/t9-/m0/s1. The Labute approximate surface area is 143 Å². The van der Waals surface area contributed by atoms with Gasteiger partial charge in [-0.2, -0.15) is 10.2 Å². The molecule has 1 aromatic heterocycles. The first-order chi connectivity index (χ1) is 11.0. The van der Waals surface area contributed by atoms with Gasteiger partial charge >= 0.3 is 0 Å². The highest BCUT2D eigenvalue weighted by atomic mass is 35.5. The molecule has 1 atom stereocenters. The predicted molar refractivity (Wildman–Crippen MR) is 91.3 cm³/mol. The lowest BCUT2D eigenvalue weighted by Gasteiger charge is -2.16. The molecule has 8 heteroatoms. The summed E-state index contributed by atoms with van der Waals surface area (Å²) in [6.07, 6.45) is 2.77. The lowest BCUT2D eigenvalue weighted by molar-refractivity contribution is 0.0974. The van der Waals surface area contributed by atoms with E-state index < -0.39 is 0 Å². The topological polar surface area (TPSA) is 90.8 Å². The summed E-state index contributed by atoms with van der Waals surface area (Å²) in [5, 5.41) is 21.8. The van der Waals surface area contributed by atoms with Crippen LogP contribution in [0.15, 0.2) is 36.7 Å². The van der Waals surface area contributed by atoms with Crippen LogP contribution in [0, 0.1) is 11.3 Å². The maximum atomic E-state index is 11.9. The van der Waals surface area contributed by atoms with Crippen molar-refractivity contribution in [3.8, 4) is 0 Å². The molecule has 120 valence electrons. The Bertz CT molecular complexity index is 708. The summed E-state index contributed by atoms with van der Waals surface area (Å²) in [5.41, 5.74) is 1.15. The molecule has 0 aliphatic heterocycles. The number of nitrogens with zero attached hydrogens (tertiary/aromatic N) is 2. The molecule has 1 aromatic carbocycles. The molecule has 0 spiro atoms. The summed E-state index contributed by atoms with van der Waals surface area (Å²) in [4.78, 5) is 11.9. The Morgan fingerprint density at radius 3 is 2.70 bits per heavy atom. The third-order valence-corrected chi connectivity index (χ3v) is 3.86. The van der Waals surface area contributed by atoms with Crippen LogP contribution in [0.25, 0.3) is 0 Å². The van der Waals surface area contributed by atoms with Crippen LogP contribution in [0.3, 0.4) is 0 Å². The van der Waals surface area contributed by atoms with E-state index in [0.717, 1.165) is 5.69 Å². The number of amides is 1. The van der Waals surface area contributed by atoms with Gasteiger partial charge in [0.15, 0.2) is 0 Å². The van der Waals surface area contributed by atoms with E-state index in [1.165, 1.54) is 18.5 Å². The molecule has 0 saturated carbocycles. The number of rotatable bonds is 5. The molecule has 0 fully saturated rings. The molecule has 6 nitrogen and oxygen atoms in total. The molecule has 23 heavy (non-hydrogen) atoms. The highest BCUT2D eigenvalue weighted by Crippen LogP contribution is 2.25. The number of anilines is 1. The van der Waals surface area contributed by atoms with E-state index in [1.807, 2.05) is 6.92 Å². The predicted octanol–water partition coefficient (Wildman–Crippen LogP) is 3.24. The molecule has 0 saturated heterocycles. The van der Waals surface area contributed by atoms with Gasteiger partial charge in [-0.05, 0) is 24.3 Å². The van der Waals surface area contributed by atoms with Crippen LogP contribution in [0.4, 0.5) is 5.69 Å². The summed E-state index contributed by atoms with van der Waals surface area (Å²) in [5.74, 6) is -0.478. The third kappa shape index (κ3) is 4.91. The summed E-state index contributed by atoms with van der Waals surface area (Å²) in [7, 11) is 0. The van der Waals surface area contributed by atoms with E-state index in [9.17, 15) is 4.79 Å². The minimum atomic E-state index is -0.383. The van der Waals surface area contributed by atoms with E-state index in [2.05, 4.69) is 20.8 Å². The molecule has 2 rings (SSSR count). The van der Waals surface area contributed by atoms with Crippen LogP contribution in [0.5, 0.6) is 0 Å². The van der Waals surface area contributed by atoms with Crippen molar-refractivity contribution in [1.82, 2.24) is 15.5 Å². The normalized spacial score (nSPS) is 11.6. The van der Waals surface area contributed by atoms with Crippen molar-refractivity contribution >= 4 is 40.6 Å². The van der Waals surface area contributed by atoms with E-state index in [4.69, 9.17) is 28.6 Å². The minimum Gasteiger partial charge on any atom is -0.384 e. The number of carbonyl (C=O) groups is 1. The average Bonchev–Trinajstić information content (AvgIpc) is 2.56. The quantitative estimate of drug-likeness (QED) is 0.569. The van der Waals surface area contributed by atoms with Gasteiger partial charge in [0, 0.05) is 18.2 Å². The third-order valence-electron chi connectivity index (χ3n) is 3.12. The first kappa shape index (κ1) is 17.2. The summed E-state index contributed by atoms with van der Waals surface area (Å²) in [6.45, 7) is 2.30. The number of hydrogen-bond donors (Lipinski definition) is 3. The average molecular weight is 352 g/mol. The number of halogens is 2. The zero-order chi connectivity index (χ0) is 16.8. The maximum Gasteiger partial charge on any atom is 0.258 e. The first-order valence-electron chi connectivity index (χ1n) is 6.83. The molecule has 1 amide bonds. The van der Waals surface area contributed by atoms with Crippen molar-refractivity contribution in [2.75, 3.05) is 11.9 Å². The van der Waals surface area contributed by atoms with Crippen LogP contribution >= 0.6 is 23.2 Å². The Hall–Kier alpha value is -2.18. The van der Waals surface area contributed by atoms with Crippen molar-refractivity contribution in [2.45, 2.75) is 6.92 Å². The van der Waals surface area contributed by atoms with Crippen LogP contribution < -0.4 is 10.6 Å². The summed E-state index contributed by atoms with van der Waals surface area (Å²) >= 11 is 11.8. The van der Waals surface area contributed by atoms with E-state index in [0.29, 0.717) is 22.2 Å². The lowest BCUT2D eigenvalue weighted by atomic mass is 10.1. The molecule has 0 radical (unpaired) electrons. The second-order valence-corrected chi connectivity index (χ2v) is 5.72. The second kappa shape index (κ2) is 7.89. The largest absolute Gasteiger partial charge is 0.384 e. The Morgan fingerprint density at radius 1 is 1.26 bits per heavy atom. The number of hydrogen-bond acceptors (Lipinski definition) is 5. The molecule has 0 bridgehead atoms. The highest BCUT2D eigenvalue weighted by Gasteiger charge is 2.14. The van der Waals surface area contributed by atoms with Crippen molar-refractivity contribution in [1.29, 1.82) is 5.41 Å². The van der Waals surface area contributed by atoms with Crippen molar-refractivity contribution < 1.29 is 4.79 Å². The molecular formula is C15H15Cl2N5O. The van der Waals surface area contributed by atoms with Gasteiger partial charge in [0.25, 0.3) is 5.91 Å². The number of nitrogens with one attached hydrogen (secondary N) is 3. The molecule has 0 aliphatic carbocycles. The monoisotopic (exact) mass is 351 g/mol. The number of aromatic nitrogens is 2. The molecule has 0 unspecified atom stereocenters. The molecule has 2 aromatic rings. The Balaban J connectivity index is 1.87. The first-order valence-corrected chi connectivity index (χ1v) is 7.58. The summed E-state index contributed by atoms with van der Waals surface area (Å²) < 4.78 is 0. The number of benzene rings is 1. The van der Waals surface area contributed by atoms with Crippen molar-refractivity contribution in [3.05, 3.63) is 52.3 Å². The van der Waals surface area contributed by atoms with Crippen LogP contribution in [0.2, 0.25) is 10.0 Å². The zero-order valence-electron chi connectivity index (χ0n) is 12.3. The van der Waals surface area contributed by atoms with Crippen molar-refractivity contribution in [2.24, 2.45) is 5.92 Å². The summed E-state index contributed by atoms with van der Waals surface area (Å²) in [6, 6.07) is 6.74. The van der Waals surface area contributed by atoms with E-state index in [-0.39, 0.29) is 17.7 Å². The van der Waals surface area contributed by atoms with Crippen molar-refractivity contribution in [3.63, 3.8) is 0 Å². The van der Waals surface area contributed by atoms with Gasteiger partial charge in [-0.15, -0.1) is 0 Å². The van der Waals surface area contributed by atoms with Crippen LogP contribution in [-0.4, -0.2) is 28.5 Å². The fraction of sp³-hybridized carbons (Fsp3) is 0.200. The van der Waals surface area contributed by atoms with Gasteiger partial charge in [-0.25, -0.2) is 0 Å². The molecule has 0 aliphatic rings. The Morgan fingerprint density at radius 2 is 2.04 bits per heavy atom. The van der Waals surface area contributed by atoms with Gasteiger partial charge in [0.2, 0.25) is 0 Å². The van der Waals surface area contributed by atoms with Gasteiger partial charge < -0.3 is 10.6 Å².